The van der Waals surface area contributed by atoms with Crippen molar-refractivity contribution in [1.82, 2.24) is 29.3 Å². The smallest absolute Gasteiger partial charge is 0.158 e. The summed E-state index contributed by atoms with van der Waals surface area (Å²) in [5.41, 5.74) is 3.68. The van der Waals surface area contributed by atoms with Crippen LogP contribution in [0.3, 0.4) is 0 Å². The van der Waals surface area contributed by atoms with Gasteiger partial charge in [0.2, 0.25) is 0 Å². The Hall–Kier alpha value is -3.42. The summed E-state index contributed by atoms with van der Waals surface area (Å²) in [7, 11) is 3.73. The number of pyridine rings is 1. The maximum atomic E-state index is 5.60. The maximum absolute atomic E-state index is 5.60. The lowest BCUT2D eigenvalue weighted by Gasteiger charge is -2.12. The third kappa shape index (κ3) is 3.20. The lowest BCUT2D eigenvalue weighted by molar-refractivity contribution is 0.411. The number of nitrogens with zero attached hydrogens (tertiary/aromatic N) is 6. The van der Waals surface area contributed by atoms with E-state index in [1.807, 2.05) is 37.4 Å². The number of aromatic nitrogens is 6. The molecule has 0 amide bonds. The fourth-order valence-electron chi connectivity index (χ4n) is 3.62. The van der Waals surface area contributed by atoms with Crippen molar-refractivity contribution in [3.05, 3.63) is 48.4 Å². The molecule has 1 fully saturated rings. The van der Waals surface area contributed by atoms with Crippen molar-refractivity contribution in [2.45, 2.75) is 26.2 Å². The molecule has 0 aliphatic heterocycles. The van der Waals surface area contributed by atoms with Gasteiger partial charge >= 0.3 is 0 Å². The Bertz CT molecular complexity index is 1190. The van der Waals surface area contributed by atoms with Crippen molar-refractivity contribution >= 4 is 22.5 Å². The molecular weight excluding hydrogens is 366 g/mol. The monoisotopic (exact) mass is 389 g/mol. The minimum Gasteiger partial charge on any atom is -0.494 e. The molecular formula is C21H23N7O. The summed E-state index contributed by atoms with van der Waals surface area (Å²) < 4.78 is 9.53. The van der Waals surface area contributed by atoms with Gasteiger partial charge in [-0.25, -0.2) is 19.6 Å². The SMILES string of the molecule is COc1cc(Nc2nccc3c2nc(CC2CC2)n3C)ccc1-n1ncnc1C. The van der Waals surface area contributed by atoms with Crippen molar-refractivity contribution in [3.63, 3.8) is 0 Å². The predicted molar refractivity (Wildman–Crippen MR) is 111 cm³/mol. The van der Waals surface area contributed by atoms with Crippen LogP contribution in [0, 0.1) is 12.8 Å². The molecule has 0 saturated heterocycles. The van der Waals surface area contributed by atoms with E-state index in [4.69, 9.17) is 9.72 Å². The molecule has 0 spiro atoms. The first-order valence-corrected chi connectivity index (χ1v) is 9.76. The minimum absolute atomic E-state index is 0.700. The Kier molecular flexibility index (Phi) is 4.19. The van der Waals surface area contributed by atoms with Crippen molar-refractivity contribution in [2.24, 2.45) is 13.0 Å². The minimum atomic E-state index is 0.700. The summed E-state index contributed by atoms with van der Waals surface area (Å²) in [6.45, 7) is 1.91. The van der Waals surface area contributed by atoms with E-state index < -0.39 is 0 Å². The number of fused-ring (bicyclic) bond motifs is 1. The fraction of sp³-hybridized carbons (Fsp3) is 0.333. The van der Waals surface area contributed by atoms with Crippen LogP contribution in [0.2, 0.25) is 0 Å². The van der Waals surface area contributed by atoms with Crippen LogP contribution in [0.25, 0.3) is 16.7 Å². The van der Waals surface area contributed by atoms with E-state index in [1.165, 1.54) is 19.2 Å². The largest absolute Gasteiger partial charge is 0.494 e. The molecule has 3 aromatic heterocycles. The Morgan fingerprint density at radius 1 is 1.21 bits per heavy atom. The molecule has 0 unspecified atom stereocenters. The summed E-state index contributed by atoms with van der Waals surface area (Å²) in [5, 5.41) is 7.68. The van der Waals surface area contributed by atoms with Gasteiger partial charge in [0.25, 0.3) is 0 Å². The highest BCUT2D eigenvalue weighted by molar-refractivity contribution is 5.88. The van der Waals surface area contributed by atoms with Crippen LogP contribution in [0.15, 0.2) is 36.8 Å². The Morgan fingerprint density at radius 3 is 2.79 bits per heavy atom. The van der Waals surface area contributed by atoms with Gasteiger partial charge in [0, 0.05) is 31.4 Å². The van der Waals surface area contributed by atoms with Gasteiger partial charge in [0.1, 0.15) is 34.9 Å². The Morgan fingerprint density at radius 2 is 2.07 bits per heavy atom. The summed E-state index contributed by atoms with van der Waals surface area (Å²) in [6, 6.07) is 7.89. The van der Waals surface area contributed by atoms with E-state index >= 15 is 0 Å². The zero-order chi connectivity index (χ0) is 20.0. The number of nitrogens with one attached hydrogen (secondary N) is 1. The number of anilines is 2. The van der Waals surface area contributed by atoms with Crippen LogP contribution in [0.4, 0.5) is 11.5 Å². The Balaban J connectivity index is 1.50. The summed E-state index contributed by atoms with van der Waals surface area (Å²) in [6.07, 6.45) is 7.00. The zero-order valence-electron chi connectivity index (χ0n) is 16.8. The van der Waals surface area contributed by atoms with Crippen molar-refractivity contribution < 1.29 is 4.74 Å². The molecule has 4 aromatic rings. The second-order valence-electron chi connectivity index (χ2n) is 7.49. The number of ether oxygens (including phenoxy) is 1. The third-order valence-corrected chi connectivity index (χ3v) is 5.45. The van der Waals surface area contributed by atoms with Gasteiger partial charge in [-0.15, -0.1) is 0 Å². The van der Waals surface area contributed by atoms with Crippen LogP contribution in [0.1, 0.15) is 24.5 Å². The summed E-state index contributed by atoms with van der Waals surface area (Å²) >= 11 is 0. The molecule has 0 bridgehead atoms. The van der Waals surface area contributed by atoms with E-state index in [0.29, 0.717) is 5.75 Å². The molecule has 1 aliphatic carbocycles. The van der Waals surface area contributed by atoms with E-state index in [1.54, 1.807) is 11.8 Å². The molecule has 29 heavy (non-hydrogen) atoms. The van der Waals surface area contributed by atoms with E-state index in [-0.39, 0.29) is 0 Å². The van der Waals surface area contributed by atoms with E-state index in [9.17, 15) is 0 Å². The quantitative estimate of drug-likeness (QED) is 0.543. The second-order valence-corrected chi connectivity index (χ2v) is 7.49. The van der Waals surface area contributed by atoms with Gasteiger partial charge in [0.15, 0.2) is 5.82 Å². The molecule has 3 heterocycles. The molecule has 1 N–H and O–H groups in total. The normalized spacial score (nSPS) is 13.8. The Labute approximate surface area is 168 Å². The molecule has 0 atom stereocenters. The number of rotatable bonds is 6. The summed E-state index contributed by atoms with van der Waals surface area (Å²) in [5.74, 6) is 4.14. The van der Waals surface area contributed by atoms with E-state index in [2.05, 4.69) is 32.0 Å². The molecule has 1 saturated carbocycles. The van der Waals surface area contributed by atoms with Gasteiger partial charge in [-0.05, 0) is 43.9 Å². The average molecular weight is 389 g/mol. The highest BCUT2D eigenvalue weighted by atomic mass is 16.5. The van der Waals surface area contributed by atoms with Crippen molar-refractivity contribution in [3.8, 4) is 11.4 Å². The highest BCUT2D eigenvalue weighted by Gasteiger charge is 2.24. The first-order valence-electron chi connectivity index (χ1n) is 9.76. The topological polar surface area (TPSA) is 82.7 Å². The van der Waals surface area contributed by atoms with Crippen molar-refractivity contribution in [1.29, 1.82) is 0 Å². The highest BCUT2D eigenvalue weighted by Crippen LogP contribution is 2.34. The zero-order valence-corrected chi connectivity index (χ0v) is 16.8. The number of imidazole rings is 1. The lowest BCUT2D eigenvalue weighted by Crippen LogP contribution is -2.03. The number of hydrogen-bond acceptors (Lipinski definition) is 6. The van der Waals surface area contributed by atoms with E-state index in [0.717, 1.165) is 52.2 Å². The molecule has 148 valence electrons. The maximum Gasteiger partial charge on any atom is 0.158 e. The number of aryl methyl sites for hydroxylation is 2. The van der Waals surface area contributed by atoms with Gasteiger partial charge in [0.05, 0.1) is 12.6 Å². The lowest BCUT2D eigenvalue weighted by atomic mass is 10.2. The average Bonchev–Trinajstić information content (AvgIpc) is 3.36. The van der Waals surface area contributed by atoms with Gasteiger partial charge in [-0.3, -0.25) is 0 Å². The molecule has 5 rings (SSSR count). The third-order valence-electron chi connectivity index (χ3n) is 5.45. The second kappa shape index (κ2) is 6.88. The van der Waals surface area contributed by atoms with Crippen molar-refractivity contribution in [2.75, 3.05) is 12.4 Å². The van der Waals surface area contributed by atoms with Crippen LogP contribution < -0.4 is 10.1 Å². The first kappa shape index (κ1) is 17.7. The van der Waals surface area contributed by atoms with Crippen LogP contribution in [-0.2, 0) is 13.5 Å². The first-order chi connectivity index (χ1) is 14.1. The summed E-state index contributed by atoms with van der Waals surface area (Å²) in [4.78, 5) is 13.6. The van der Waals surface area contributed by atoms with Gasteiger partial charge in [-0.2, -0.15) is 5.10 Å². The number of benzene rings is 1. The van der Waals surface area contributed by atoms with Crippen LogP contribution in [0.5, 0.6) is 5.75 Å². The van der Waals surface area contributed by atoms with Gasteiger partial charge in [-0.1, -0.05) is 0 Å². The number of hydrogen-bond donors (Lipinski definition) is 1. The molecule has 8 nitrogen and oxygen atoms in total. The standard InChI is InChI=1S/C21H23N7O/c1-13-23-12-24-28(13)16-7-6-15(11-18(16)29-3)25-21-20-17(8-9-22-21)27(2)19(26-20)10-14-4-5-14/h6-9,11-12,14H,4-5,10H2,1-3H3,(H,22,25). The van der Waals surface area contributed by atoms with Crippen LogP contribution in [-0.4, -0.2) is 36.4 Å². The molecule has 1 aromatic carbocycles. The molecule has 1 aliphatic rings. The molecule has 0 radical (unpaired) electrons. The van der Waals surface area contributed by atoms with Gasteiger partial charge < -0.3 is 14.6 Å². The number of methoxy groups -OCH3 is 1. The molecule has 8 heteroatoms. The van der Waals surface area contributed by atoms with Crippen LogP contribution >= 0.6 is 0 Å². The predicted octanol–water partition coefficient (Wildman–Crippen LogP) is 3.56. The fourth-order valence-corrected chi connectivity index (χ4v) is 3.62.